The Bertz CT molecular complexity index is 545. The van der Waals surface area contributed by atoms with E-state index in [1.165, 1.54) is 38.5 Å². The van der Waals surface area contributed by atoms with Crippen molar-refractivity contribution in [1.82, 2.24) is 5.43 Å². The lowest BCUT2D eigenvalue weighted by Gasteiger charge is -2.56. The van der Waals surface area contributed by atoms with Gasteiger partial charge in [0.1, 0.15) is 0 Å². The van der Waals surface area contributed by atoms with Crippen molar-refractivity contribution in [2.45, 2.75) is 51.9 Å². The van der Waals surface area contributed by atoms with Gasteiger partial charge in [0.15, 0.2) is 0 Å². The molecule has 4 saturated carbocycles. The molecule has 4 fully saturated rings. The minimum Gasteiger partial charge on any atom is -0.298 e. The van der Waals surface area contributed by atoms with E-state index in [4.69, 9.17) is 0 Å². The highest BCUT2D eigenvalue weighted by molar-refractivity contribution is 5.78. The van der Waals surface area contributed by atoms with Gasteiger partial charge in [0.05, 0.1) is 5.69 Å². The van der Waals surface area contributed by atoms with E-state index in [2.05, 4.69) is 10.9 Å². The molecule has 0 heterocycles. The van der Waals surface area contributed by atoms with Crippen LogP contribution >= 0.6 is 0 Å². The monoisotopic (exact) mass is 298 g/mol. The topological polar surface area (TPSA) is 41.1 Å². The number of carbonyl (C=O) groups is 1. The standard InChI is InChI=1S/C19H26N2O/c1-13-4-2-3-5-17(13)20-21-18(22)12-19-9-14-6-15(10-19)8-16(7-14)11-19/h2-5,14-16,20H,6-12H2,1H3,(H,21,22). The first kappa shape index (κ1) is 14.1. The molecule has 22 heavy (non-hydrogen) atoms. The summed E-state index contributed by atoms with van der Waals surface area (Å²) in [5.74, 6) is 2.88. The van der Waals surface area contributed by atoms with E-state index < -0.39 is 0 Å². The quantitative estimate of drug-likeness (QED) is 0.824. The number of hydrogen-bond donors (Lipinski definition) is 2. The second-order valence-electron chi connectivity index (χ2n) is 8.08. The summed E-state index contributed by atoms with van der Waals surface area (Å²) in [6, 6.07) is 8.05. The van der Waals surface area contributed by atoms with Gasteiger partial charge < -0.3 is 0 Å². The van der Waals surface area contributed by atoms with Crippen LogP contribution in [0.4, 0.5) is 5.69 Å². The summed E-state index contributed by atoms with van der Waals surface area (Å²) in [4.78, 5) is 12.4. The van der Waals surface area contributed by atoms with Crippen LogP contribution in [0.2, 0.25) is 0 Å². The van der Waals surface area contributed by atoms with Crippen LogP contribution in [0.1, 0.15) is 50.5 Å². The molecule has 0 saturated heterocycles. The zero-order valence-corrected chi connectivity index (χ0v) is 13.4. The van der Waals surface area contributed by atoms with Crippen molar-refractivity contribution in [1.29, 1.82) is 0 Å². The number of anilines is 1. The number of nitrogens with one attached hydrogen (secondary N) is 2. The lowest BCUT2D eigenvalue weighted by Crippen LogP contribution is -2.48. The van der Waals surface area contributed by atoms with Crippen molar-refractivity contribution in [3.05, 3.63) is 29.8 Å². The number of para-hydroxylation sites is 1. The van der Waals surface area contributed by atoms with Crippen LogP contribution < -0.4 is 10.9 Å². The van der Waals surface area contributed by atoms with Crippen LogP contribution in [-0.4, -0.2) is 5.91 Å². The summed E-state index contributed by atoms with van der Waals surface area (Å²) in [5.41, 5.74) is 8.47. The molecule has 3 nitrogen and oxygen atoms in total. The van der Waals surface area contributed by atoms with Gasteiger partial charge in [0.25, 0.3) is 0 Å². The second-order valence-corrected chi connectivity index (χ2v) is 8.08. The summed E-state index contributed by atoms with van der Waals surface area (Å²) in [7, 11) is 0. The molecule has 118 valence electrons. The van der Waals surface area contributed by atoms with Crippen LogP contribution in [-0.2, 0) is 4.79 Å². The van der Waals surface area contributed by atoms with E-state index in [0.29, 0.717) is 11.8 Å². The SMILES string of the molecule is Cc1ccccc1NNC(=O)CC12CC3CC(CC(C3)C1)C2. The van der Waals surface area contributed by atoms with Crippen molar-refractivity contribution in [3.8, 4) is 0 Å². The summed E-state index contributed by atoms with van der Waals surface area (Å²) >= 11 is 0. The Kier molecular flexibility index (Phi) is 3.39. The zero-order valence-electron chi connectivity index (χ0n) is 13.4. The Hall–Kier alpha value is -1.51. The molecule has 4 aliphatic carbocycles. The average molecular weight is 298 g/mol. The molecule has 1 amide bonds. The predicted molar refractivity (Wildman–Crippen MR) is 88.2 cm³/mol. The highest BCUT2D eigenvalue weighted by atomic mass is 16.2. The number of amides is 1. The van der Waals surface area contributed by atoms with E-state index in [1.54, 1.807) is 0 Å². The number of rotatable bonds is 4. The van der Waals surface area contributed by atoms with Crippen LogP contribution in [0.25, 0.3) is 0 Å². The minimum absolute atomic E-state index is 0.158. The maximum Gasteiger partial charge on any atom is 0.238 e. The van der Waals surface area contributed by atoms with E-state index in [9.17, 15) is 4.79 Å². The van der Waals surface area contributed by atoms with Crippen molar-refractivity contribution < 1.29 is 4.79 Å². The van der Waals surface area contributed by atoms with Gasteiger partial charge in [-0.25, -0.2) is 0 Å². The van der Waals surface area contributed by atoms with Crippen LogP contribution in [0, 0.1) is 30.1 Å². The fourth-order valence-electron chi connectivity index (χ4n) is 5.74. The van der Waals surface area contributed by atoms with Crippen LogP contribution in [0.15, 0.2) is 24.3 Å². The molecule has 4 aliphatic rings. The Morgan fingerprint density at radius 3 is 2.27 bits per heavy atom. The van der Waals surface area contributed by atoms with Gasteiger partial charge in [-0.2, -0.15) is 0 Å². The smallest absolute Gasteiger partial charge is 0.238 e. The average Bonchev–Trinajstić information content (AvgIpc) is 2.44. The Labute approximate surface area is 132 Å². The molecule has 0 spiro atoms. The summed E-state index contributed by atoms with van der Waals surface area (Å²) in [6.07, 6.45) is 8.87. The highest BCUT2D eigenvalue weighted by Gasteiger charge is 2.51. The first-order valence-electron chi connectivity index (χ1n) is 8.72. The van der Waals surface area contributed by atoms with E-state index in [0.717, 1.165) is 29.0 Å². The molecule has 0 radical (unpaired) electrons. The number of benzene rings is 1. The van der Waals surface area contributed by atoms with Gasteiger partial charge in [-0.05, 0) is 80.2 Å². The van der Waals surface area contributed by atoms with E-state index in [1.807, 2.05) is 31.2 Å². The van der Waals surface area contributed by atoms with Gasteiger partial charge in [-0.3, -0.25) is 15.6 Å². The van der Waals surface area contributed by atoms with E-state index in [-0.39, 0.29) is 5.91 Å². The van der Waals surface area contributed by atoms with Crippen LogP contribution in [0.3, 0.4) is 0 Å². The third-order valence-corrected chi connectivity index (χ3v) is 6.18. The van der Waals surface area contributed by atoms with Gasteiger partial charge in [0, 0.05) is 6.42 Å². The lowest BCUT2D eigenvalue weighted by molar-refractivity contribution is -0.128. The molecule has 3 heteroatoms. The van der Waals surface area contributed by atoms with Gasteiger partial charge in [-0.15, -0.1) is 0 Å². The summed E-state index contributed by atoms with van der Waals surface area (Å²) < 4.78 is 0. The largest absolute Gasteiger partial charge is 0.298 e. The maximum atomic E-state index is 12.4. The summed E-state index contributed by atoms with van der Waals surface area (Å²) in [5, 5.41) is 0. The van der Waals surface area contributed by atoms with E-state index >= 15 is 0 Å². The molecule has 4 bridgehead atoms. The number of hydrogen-bond acceptors (Lipinski definition) is 2. The van der Waals surface area contributed by atoms with Gasteiger partial charge >= 0.3 is 0 Å². The molecular weight excluding hydrogens is 272 g/mol. The van der Waals surface area contributed by atoms with Crippen molar-refractivity contribution >= 4 is 11.6 Å². The van der Waals surface area contributed by atoms with Gasteiger partial charge in [-0.1, -0.05) is 18.2 Å². The second kappa shape index (κ2) is 5.29. The maximum absolute atomic E-state index is 12.4. The fraction of sp³-hybridized carbons (Fsp3) is 0.632. The zero-order chi connectivity index (χ0) is 15.2. The van der Waals surface area contributed by atoms with Crippen molar-refractivity contribution in [2.75, 3.05) is 5.43 Å². The first-order chi connectivity index (χ1) is 10.6. The van der Waals surface area contributed by atoms with Gasteiger partial charge in [0.2, 0.25) is 5.91 Å². The third-order valence-electron chi connectivity index (χ3n) is 6.18. The normalized spacial score (nSPS) is 35.4. The lowest BCUT2D eigenvalue weighted by atomic mass is 9.49. The summed E-state index contributed by atoms with van der Waals surface area (Å²) in [6.45, 7) is 2.05. The molecule has 2 N–H and O–H groups in total. The Morgan fingerprint density at radius 1 is 1.09 bits per heavy atom. The molecule has 0 atom stereocenters. The minimum atomic E-state index is 0.158. The predicted octanol–water partition coefficient (Wildman–Crippen LogP) is 4.04. The molecule has 1 aromatic rings. The Balaban J connectivity index is 1.37. The van der Waals surface area contributed by atoms with Crippen molar-refractivity contribution in [2.24, 2.45) is 23.2 Å². The third kappa shape index (κ3) is 2.62. The molecule has 0 unspecified atom stereocenters. The Morgan fingerprint density at radius 2 is 1.68 bits per heavy atom. The van der Waals surface area contributed by atoms with Crippen LogP contribution in [0.5, 0.6) is 0 Å². The molecule has 5 rings (SSSR count). The highest BCUT2D eigenvalue weighted by Crippen LogP contribution is 2.61. The molecule has 1 aromatic carbocycles. The molecule has 0 aliphatic heterocycles. The first-order valence-corrected chi connectivity index (χ1v) is 8.72. The molecule has 0 aromatic heterocycles. The molecular formula is C19H26N2O. The number of hydrazine groups is 1. The number of carbonyl (C=O) groups excluding carboxylic acids is 1. The fourth-order valence-corrected chi connectivity index (χ4v) is 5.74. The number of aryl methyl sites for hydroxylation is 1. The van der Waals surface area contributed by atoms with Crippen molar-refractivity contribution in [3.63, 3.8) is 0 Å².